The molecule has 0 aliphatic rings. The number of hydrogen-bond acceptors (Lipinski definition) is 4. The smallest absolute Gasteiger partial charge is 0.241 e. The lowest BCUT2D eigenvalue weighted by Crippen LogP contribution is -2.31. The van der Waals surface area contributed by atoms with Gasteiger partial charge in [0, 0.05) is 42.8 Å². The van der Waals surface area contributed by atoms with Crippen molar-refractivity contribution >= 4 is 36.7 Å². The number of nitrogens with one attached hydrogen (secondary N) is 2. The summed E-state index contributed by atoms with van der Waals surface area (Å²) in [4.78, 5) is 4.24. The first-order chi connectivity index (χ1) is 12.5. The first-order valence-corrected chi connectivity index (χ1v) is 10.2. The molecule has 2 N–H and O–H groups in total. The van der Waals surface area contributed by atoms with E-state index in [1.54, 1.807) is 42.7 Å². The summed E-state index contributed by atoms with van der Waals surface area (Å²) in [5.41, 5.74) is 0.787. The third-order valence-corrected chi connectivity index (χ3v) is 6.00. The number of sulfonamides is 1. The van der Waals surface area contributed by atoms with Crippen molar-refractivity contribution in [2.75, 3.05) is 13.1 Å². The molecule has 2 aromatic carbocycles. The van der Waals surface area contributed by atoms with Crippen LogP contribution >= 0.6 is 15.9 Å². The maximum absolute atomic E-state index is 13.5. The Balaban J connectivity index is 1.57. The van der Waals surface area contributed by atoms with Gasteiger partial charge < -0.3 is 5.32 Å². The largest absolute Gasteiger partial charge is 0.311 e. The molecule has 136 valence electrons. The normalized spacial score (nSPS) is 11.8. The molecular weight excluding hydrogens is 421 g/mol. The van der Waals surface area contributed by atoms with Crippen LogP contribution in [-0.2, 0) is 16.6 Å². The summed E-state index contributed by atoms with van der Waals surface area (Å²) in [6.07, 6.45) is 3.20. The Bertz CT molecular complexity index is 1020. The van der Waals surface area contributed by atoms with Crippen molar-refractivity contribution in [3.05, 3.63) is 70.7 Å². The van der Waals surface area contributed by atoms with E-state index in [0.29, 0.717) is 22.9 Å². The van der Waals surface area contributed by atoms with Gasteiger partial charge in [-0.2, -0.15) is 0 Å². The molecule has 0 spiro atoms. The maximum Gasteiger partial charge on any atom is 0.241 e. The molecule has 26 heavy (non-hydrogen) atoms. The molecule has 3 rings (SSSR count). The van der Waals surface area contributed by atoms with Crippen LogP contribution in [0.15, 0.2) is 64.2 Å². The molecule has 3 aromatic rings. The summed E-state index contributed by atoms with van der Waals surface area (Å²) in [6.45, 7) is 1.10. The molecule has 0 radical (unpaired) electrons. The summed E-state index contributed by atoms with van der Waals surface area (Å²) in [5, 5.41) is 4.49. The van der Waals surface area contributed by atoms with Gasteiger partial charge in [-0.3, -0.25) is 4.98 Å². The SMILES string of the molecule is O=S(=O)(NCCNCc1ccc(Br)c(F)c1)c1cccc2cnccc12. The third kappa shape index (κ3) is 4.45. The van der Waals surface area contributed by atoms with E-state index in [0.717, 1.165) is 10.9 Å². The van der Waals surface area contributed by atoms with Gasteiger partial charge >= 0.3 is 0 Å². The summed E-state index contributed by atoms with van der Waals surface area (Å²) < 4.78 is 41.5. The number of benzene rings is 2. The first kappa shape index (κ1) is 18.9. The van der Waals surface area contributed by atoms with Gasteiger partial charge in [-0.15, -0.1) is 0 Å². The molecule has 1 aromatic heterocycles. The molecule has 0 fully saturated rings. The molecule has 0 atom stereocenters. The van der Waals surface area contributed by atoms with Crippen molar-refractivity contribution in [3.8, 4) is 0 Å². The van der Waals surface area contributed by atoms with Crippen molar-refractivity contribution < 1.29 is 12.8 Å². The fourth-order valence-electron chi connectivity index (χ4n) is 2.56. The number of nitrogens with zero attached hydrogens (tertiary/aromatic N) is 1. The zero-order valence-electron chi connectivity index (χ0n) is 13.7. The molecule has 0 aliphatic carbocycles. The van der Waals surface area contributed by atoms with Crippen molar-refractivity contribution in [1.82, 2.24) is 15.0 Å². The minimum Gasteiger partial charge on any atom is -0.311 e. The number of rotatable bonds is 7. The van der Waals surface area contributed by atoms with Crippen LogP contribution in [0.2, 0.25) is 0 Å². The highest BCUT2D eigenvalue weighted by Crippen LogP contribution is 2.21. The second-order valence-electron chi connectivity index (χ2n) is 5.68. The van der Waals surface area contributed by atoms with Crippen molar-refractivity contribution in [2.45, 2.75) is 11.4 Å². The number of halogens is 2. The number of pyridine rings is 1. The van der Waals surface area contributed by atoms with E-state index in [2.05, 4.69) is 31.0 Å². The van der Waals surface area contributed by atoms with Gasteiger partial charge in [0.15, 0.2) is 0 Å². The van der Waals surface area contributed by atoms with Gasteiger partial charge in [-0.25, -0.2) is 17.5 Å². The molecule has 0 amide bonds. The Hall–Kier alpha value is -1.87. The summed E-state index contributed by atoms with van der Waals surface area (Å²) in [7, 11) is -3.63. The number of aromatic nitrogens is 1. The quantitative estimate of drug-likeness (QED) is 0.556. The van der Waals surface area contributed by atoms with E-state index in [1.807, 2.05) is 6.07 Å². The Kier molecular flexibility index (Phi) is 5.98. The van der Waals surface area contributed by atoms with E-state index < -0.39 is 10.0 Å². The minimum absolute atomic E-state index is 0.225. The van der Waals surface area contributed by atoms with Crippen LogP contribution in [0.1, 0.15) is 5.56 Å². The Labute approximate surface area is 159 Å². The van der Waals surface area contributed by atoms with Gasteiger partial charge in [-0.05, 0) is 45.8 Å². The molecule has 0 aliphatic heterocycles. The predicted octanol–water partition coefficient (Wildman–Crippen LogP) is 3.20. The Morgan fingerprint density at radius 1 is 1.12 bits per heavy atom. The first-order valence-electron chi connectivity index (χ1n) is 7.94. The van der Waals surface area contributed by atoms with Crippen molar-refractivity contribution in [2.24, 2.45) is 0 Å². The predicted molar refractivity (Wildman–Crippen MR) is 103 cm³/mol. The van der Waals surface area contributed by atoms with Gasteiger partial charge in [-0.1, -0.05) is 18.2 Å². The van der Waals surface area contributed by atoms with Crippen LogP contribution in [0.4, 0.5) is 4.39 Å². The number of hydrogen-bond donors (Lipinski definition) is 2. The molecule has 0 saturated carbocycles. The van der Waals surface area contributed by atoms with E-state index in [1.165, 1.54) is 6.07 Å². The van der Waals surface area contributed by atoms with Crippen LogP contribution in [-0.4, -0.2) is 26.5 Å². The third-order valence-electron chi connectivity index (χ3n) is 3.84. The molecule has 0 saturated heterocycles. The summed E-state index contributed by atoms with van der Waals surface area (Å²) in [6, 6.07) is 11.6. The van der Waals surface area contributed by atoms with Crippen molar-refractivity contribution in [1.29, 1.82) is 0 Å². The van der Waals surface area contributed by atoms with Crippen LogP contribution in [0.3, 0.4) is 0 Å². The molecule has 5 nitrogen and oxygen atoms in total. The van der Waals surface area contributed by atoms with Gasteiger partial charge in [0.05, 0.1) is 9.37 Å². The average molecular weight is 438 g/mol. The lowest BCUT2D eigenvalue weighted by molar-refractivity contribution is 0.576. The zero-order chi connectivity index (χ0) is 18.6. The number of fused-ring (bicyclic) bond motifs is 1. The minimum atomic E-state index is -3.63. The maximum atomic E-state index is 13.5. The van der Waals surface area contributed by atoms with Gasteiger partial charge in [0.2, 0.25) is 10.0 Å². The van der Waals surface area contributed by atoms with Crippen LogP contribution in [0.5, 0.6) is 0 Å². The van der Waals surface area contributed by atoms with Gasteiger partial charge in [0.25, 0.3) is 0 Å². The van der Waals surface area contributed by atoms with Crippen LogP contribution in [0, 0.1) is 5.82 Å². The van der Waals surface area contributed by atoms with E-state index in [9.17, 15) is 12.8 Å². The highest BCUT2D eigenvalue weighted by molar-refractivity contribution is 9.10. The van der Waals surface area contributed by atoms with Crippen LogP contribution < -0.4 is 10.0 Å². The lowest BCUT2D eigenvalue weighted by atomic mass is 10.2. The fraction of sp³-hybridized carbons (Fsp3) is 0.167. The highest BCUT2D eigenvalue weighted by atomic mass is 79.9. The molecule has 8 heteroatoms. The van der Waals surface area contributed by atoms with E-state index in [4.69, 9.17) is 0 Å². The summed E-state index contributed by atoms with van der Waals surface area (Å²) >= 11 is 3.11. The molecule has 0 unspecified atom stereocenters. The Morgan fingerprint density at radius 2 is 1.96 bits per heavy atom. The van der Waals surface area contributed by atoms with Gasteiger partial charge in [0.1, 0.15) is 5.82 Å². The van der Waals surface area contributed by atoms with Crippen LogP contribution in [0.25, 0.3) is 10.8 Å². The standard InChI is InChI=1S/C18H17BrFN3O2S/c19-16-5-4-13(10-17(16)20)11-22-8-9-23-26(24,25)18-3-1-2-14-12-21-7-6-15(14)18/h1-7,10,12,22-23H,8-9,11H2. The molecular formula is C18H17BrFN3O2S. The van der Waals surface area contributed by atoms with Crippen molar-refractivity contribution in [3.63, 3.8) is 0 Å². The second kappa shape index (κ2) is 8.22. The zero-order valence-corrected chi connectivity index (χ0v) is 16.1. The van der Waals surface area contributed by atoms with E-state index in [-0.39, 0.29) is 17.3 Å². The fourth-order valence-corrected chi connectivity index (χ4v) is 4.07. The highest BCUT2D eigenvalue weighted by Gasteiger charge is 2.16. The lowest BCUT2D eigenvalue weighted by Gasteiger charge is -2.10. The molecule has 1 heterocycles. The molecule has 0 bridgehead atoms. The topological polar surface area (TPSA) is 71.1 Å². The Morgan fingerprint density at radius 3 is 2.77 bits per heavy atom. The monoisotopic (exact) mass is 437 g/mol. The van der Waals surface area contributed by atoms with E-state index >= 15 is 0 Å². The summed E-state index contributed by atoms with van der Waals surface area (Å²) in [5.74, 6) is -0.324. The average Bonchev–Trinajstić information content (AvgIpc) is 2.63. The second-order valence-corrected chi connectivity index (χ2v) is 8.27.